The van der Waals surface area contributed by atoms with Crippen LogP contribution in [-0.4, -0.2) is 21.1 Å². The van der Waals surface area contributed by atoms with E-state index in [-0.39, 0.29) is 6.29 Å². The van der Waals surface area contributed by atoms with Gasteiger partial charge in [-0.1, -0.05) is 0 Å². The van der Waals surface area contributed by atoms with E-state index < -0.39 is 7.60 Å². The zero-order valence-electron chi connectivity index (χ0n) is 6.21. The molecular formula is C6H9N2O3P. The average molecular weight is 188 g/mol. The molecule has 0 fully saturated rings. The SMILES string of the molecule is O=P(O)(O)CNc1ccncc1. The van der Waals surface area contributed by atoms with Crippen LogP contribution in [0.5, 0.6) is 0 Å². The molecule has 0 aliphatic heterocycles. The molecule has 5 nitrogen and oxygen atoms in total. The number of hydrogen-bond donors (Lipinski definition) is 3. The summed E-state index contributed by atoms with van der Waals surface area (Å²) in [7, 11) is -3.96. The number of nitrogens with zero attached hydrogens (tertiary/aromatic N) is 1. The van der Waals surface area contributed by atoms with Crippen molar-refractivity contribution in [3.05, 3.63) is 24.5 Å². The molecule has 0 amide bonds. The van der Waals surface area contributed by atoms with Crippen molar-refractivity contribution in [3.63, 3.8) is 0 Å². The third-order valence-corrected chi connectivity index (χ3v) is 1.74. The minimum absolute atomic E-state index is 0.350. The summed E-state index contributed by atoms with van der Waals surface area (Å²) in [6, 6.07) is 3.27. The van der Waals surface area contributed by atoms with Gasteiger partial charge in [0.25, 0.3) is 0 Å². The van der Waals surface area contributed by atoms with Crippen molar-refractivity contribution in [1.29, 1.82) is 0 Å². The predicted molar refractivity (Wildman–Crippen MR) is 44.8 cm³/mol. The van der Waals surface area contributed by atoms with Gasteiger partial charge >= 0.3 is 7.60 Å². The van der Waals surface area contributed by atoms with E-state index in [0.717, 1.165) is 0 Å². The molecule has 1 aromatic heterocycles. The van der Waals surface area contributed by atoms with Crippen LogP contribution in [-0.2, 0) is 4.57 Å². The quantitative estimate of drug-likeness (QED) is 0.606. The third kappa shape index (κ3) is 3.48. The van der Waals surface area contributed by atoms with Gasteiger partial charge in [-0.05, 0) is 12.1 Å². The van der Waals surface area contributed by atoms with Crippen molar-refractivity contribution in [1.82, 2.24) is 4.98 Å². The van der Waals surface area contributed by atoms with Crippen LogP contribution in [0.4, 0.5) is 5.69 Å². The third-order valence-electron chi connectivity index (χ3n) is 1.17. The number of anilines is 1. The van der Waals surface area contributed by atoms with E-state index in [1.54, 1.807) is 24.5 Å². The van der Waals surface area contributed by atoms with Crippen molar-refractivity contribution in [2.75, 3.05) is 11.6 Å². The van der Waals surface area contributed by atoms with E-state index >= 15 is 0 Å². The Morgan fingerprint density at radius 1 is 1.42 bits per heavy atom. The summed E-state index contributed by atoms with van der Waals surface area (Å²) in [5, 5.41) is 2.58. The molecule has 3 N–H and O–H groups in total. The minimum atomic E-state index is -3.96. The van der Waals surface area contributed by atoms with Gasteiger partial charge in [-0.15, -0.1) is 0 Å². The standard InChI is InChI=1S/C6H9N2O3P/c9-12(10,11)5-8-6-1-3-7-4-2-6/h1-4H,5H2,(H,7,8)(H2,9,10,11). The molecule has 0 aliphatic rings. The lowest BCUT2D eigenvalue weighted by atomic mass is 10.4. The van der Waals surface area contributed by atoms with Crippen molar-refractivity contribution in [2.45, 2.75) is 0 Å². The Labute approximate surface area is 69.6 Å². The molecule has 0 radical (unpaired) electrons. The van der Waals surface area contributed by atoms with E-state index in [0.29, 0.717) is 5.69 Å². The molecule has 66 valence electrons. The van der Waals surface area contributed by atoms with Gasteiger partial charge in [0.15, 0.2) is 0 Å². The second-order valence-corrected chi connectivity index (χ2v) is 3.88. The molecule has 0 aromatic carbocycles. The van der Waals surface area contributed by atoms with Crippen LogP contribution < -0.4 is 5.32 Å². The first kappa shape index (κ1) is 9.19. The van der Waals surface area contributed by atoms with Crippen molar-refractivity contribution in [3.8, 4) is 0 Å². The van der Waals surface area contributed by atoms with Crippen molar-refractivity contribution in [2.24, 2.45) is 0 Å². The van der Waals surface area contributed by atoms with Crippen LogP contribution in [0.3, 0.4) is 0 Å². The Kier molecular flexibility index (Phi) is 2.81. The van der Waals surface area contributed by atoms with Gasteiger partial charge in [0.2, 0.25) is 0 Å². The van der Waals surface area contributed by atoms with Crippen LogP contribution >= 0.6 is 7.60 Å². The maximum atomic E-state index is 10.4. The second-order valence-electron chi connectivity index (χ2n) is 2.24. The van der Waals surface area contributed by atoms with Crippen molar-refractivity contribution >= 4 is 13.3 Å². The second kappa shape index (κ2) is 3.67. The number of aromatic nitrogens is 1. The Morgan fingerprint density at radius 3 is 2.50 bits per heavy atom. The minimum Gasteiger partial charge on any atom is -0.374 e. The smallest absolute Gasteiger partial charge is 0.344 e. The molecule has 0 saturated carbocycles. The molecule has 12 heavy (non-hydrogen) atoms. The number of rotatable bonds is 3. The Bertz CT molecular complexity index is 284. The van der Waals surface area contributed by atoms with Crippen LogP contribution in [0, 0.1) is 0 Å². The molecular weight excluding hydrogens is 179 g/mol. The van der Waals surface area contributed by atoms with Gasteiger partial charge < -0.3 is 15.1 Å². The largest absolute Gasteiger partial charge is 0.374 e. The first-order valence-corrected chi connectivity index (χ1v) is 5.06. The molecule has 0 bridgehead atoms. The van der Waals surface area contributed by atoms with E-state index in [4.69, 9.17) is 9.79 Å². The lowest BCUT2D eigenvalue weighted by Gasteiger charge is -2.06. The fraction of sp³-hybridized carbons (Fsp3) is 0.167. The molecule has 1 heterocycles. The van der Waals surface area contributed by atoms with E-state index in [2.05, 4.69) is 10.3 Å². The zero-order valence-corrected chi connectivity index (χ0v) is 7.11. The maximum Gasteiger partial charge on any atom is 0.344 e. The molecule has 1 rings (SSSR count). The molecule has 0 spiro atoms. The Morgan fingerprint density at radius 2 is 2.00 bits per heavy atom. The number of hydrogen-bond acceptors (Lipinski definition) is 3. The highest BCUT2D eigenvalue weighted by molar-refractivity contribution is 7.51. The van der Waals surface area contributed by atoms with E-state index in [1.807, 2.05) is 0 Å². The number of nitrogens with one attached hydrogen (secondary N) is 1. The summed E-state index contributed by atoms with van der Waals surface area (Å²) in [4.78, 5) is 20.8. The van der Waals surface area contributed by atoms with E-state index in [9.17, 15) is 4.57 Å². The highest BCUT2D eigenvalue weighted by Gasteiger charge is 2.10. The highest BCUT2D eigenvalue weighted by atomic mass is 31.2. The topological polar surface area (TPSA) is 82.5 Å². The summed E-state index contributed by atoms with van der Waals surface area (Å²) >= 11 is 0. The molecule has 0 aliphatic carbocycles. The van der Waals surface area contributed by atoms with Gasteiger partial charge in [-0.25, -0.2) is 0 Å². The molecule has 0 saturated heterocycles. The van der Waals surface area contributed by atoms with Gasteiger partial charge in [0.05, 0.1) is 0 Å². The highest BCUT2D eigenvalue weighted by Crippen LogP contribution is 2.33. The first-order valence-electron chi connectivity index (χ1n) is 3.26. The van der Waals surface area contributed by atoms with Crippen LogP contribution in [0.25, 0.3) is 0 Å². The summed E-state index contributed by atoms with van der Waals surface area (Å²) in [6.07, 6.45) is 2.74. The summed E-state index contributed by atoms with van der Waals surface area (Å²) in [5.41, 5.74) is 0.647. The van der Waals surface area contributed by atoms with Gasteiger partial charge in [-0.3, -0.25) is 9.55 Å². The number of pyridine rings is 1. The summed E-state index contributed by atoms with van der Waals surface area (Å²) in [5.74, 6) is 0. The van der Waals surface area contributed by atoms with Gasteiger partial charge in [0, 0.05) is 18.1 Å². The monoisotopic (exact) mass is 188 g/mol. The van der Waals surface area contributed by atoms with Crippen molar-refractivity contribution < 1.29 is 14.4 Å². The maximum absolute atomic E-state index is 10.4. The molecule has 0 atom stereocenters. The Balaban J connectivity index is 2.50. The van der Waals surface area contributed by atoms with Crippen LogP contribution in [0.15, 0.2) is 24.5 Å². The predicted octanol–water partition coefficient (Wildman–Crippen LogP) is 0.629. The zero-order chi connectivity index (χ0) is 9.03. The van der Waals surface area contributed by atoms with E-state index in [1.165, 1.54) is 0 Å². The normalized spacial score (nSPS) is 11.2. The molecule has 1 aromatic rings. The van der Waals surface area contributed by atoms with Crippen LogP contribution in [0.2, 0.25) is 0 Å². The molecule has 6 heteroatoms. The first-order chi connectivity index (χ1) is 5.58. The lowest BCUT2D eigenvalue weighted by Crippen LogP contribution is -2.01. The fourth-order valence-electron chi connectivity index (χ4n) is 0.664. The summed E-state index contributed by atoms with van der Waals surface area (Å²) in [6.45, 7) is 0. The Hall–Kier alpha value is -0.900. The molecule has 0 unspecified atom stereocenters. The van der Waals surface area contributed by atoms with Gasteiger partial charge in [-0.2, -0.15) is 0 Å². The van der Waals surface area contributed by atoms with Gasteiger partial charge in [0.1, 0.15) is 6.29 Å². The lowest BCUT2D eigenvalue weighted by molar-refractivity contribution is 0.375. The fourth-order valence-corrected chi connectivity index (χ4v) is 1.05. The average Bonchev–Trinajstić information content (AvgIpc) is 2.02. The summed E-state index contributed by atoms with van der Waals surface area (Å²) < 4.78 is 10.4. The van der Waals surface area contributed by atoms with Crippen LogP contribution in [0.1, 0.15) is 0 Å².